The first-order valence-corrected chi connectivity index (χ1v) is 18.8. The van der Waals surface area contributed by atoms with E-state index in [9.17, 15) is 19.2 Å². The van der Waals surface area contributed by atoms with Gasteiger partial charge >= 0.3 is 12.1 Å². The quantitative estimate of drug-likeness (QED) is 0.109. The average molecular weight is 761 g/mol. The van der Waals surface area contributed by atoms with E-state index in [2.05, 4.69) is 10.6 Å². The first kappa shape index (κ1) is 42.0. The fourth-order valence-corrected chi connectivity index (χ4v) is 6.54. The van der Waals surface area contributed by atoms with Gasteiger partial charge in [-0.3, -0.25) is 14.4 Å². The van der Waals surface area contributed by atoms with Crippen molar-refractivity contribution in [1.82, 2.24) is 15.5 Å². The summed E-state index contributed by atoms with van der Waals surface area (Å²) in [6.07, 6.45) is 5.08. The number of nitrogens with one attached hydrogen (secondary N) is 2. The van der Waals surface area contributed by atoms with Crippen molar-refractivity contribution in [2.75, 3.05) is 19.8 Å². The Bertz CT molecular complexity index is 1710. The van der Waals surface area contributed by atoms with Gasteiger partial charge in [-0.1, -0.05) is 103 Å². The Morgan fingerprint density at radius 2 is 1.61 bits per heavy atom. The van der Waals surface area contributed by atoms with Gasteiger partial charge in [0.1, 0.15) is 19.3 Å². The first-order valence-electron chi connectivity index (χ1n) is 18.4. The predicted octanol–water partition coefficient (Wildman–Crippen LogP) is 5.77. The van der Waals surface area contributed by atoms with Crippen LogP contribution in [0.3, 0.4) is 0 Å². The van der Waals surface area contributed by atoms with Gasteiger partial charge in [-0.05, 0) is 68.4 Å². The average Bonchev–Trinajstić information content (AvgIpc) is 3.63. The highest BCUT2D eigenvalue weighted by Crippen LogP contribution is 2.29. The Kier molecular flexibility index (Phi) is 16.1. The van der Waals surface area contributed by atoms with Crippen LogP contribution < -0.4 is 16.4 Å². The Morgan fingerprint density at radius 3 is 2.26 bits per heavy atom. The lowest BCUT2D eigenvalue weighted by atomic mass is 9.83. The highest BCUT2D eigenvalue weighted by Gasteiger charge is 2.37. The van der Waals surface area contributed by atoms with E-state index >= 15 is 0 Å². The Hall–Kier alpha value is -4.71. The standard InChI is InChI=1S/C42H53ClN4O7/c1-29(44)39(49)46-38(30(2)52-26-33-15-9-6-10-16-33)40(50)47-22-12-19-37(47)20-21-42(4,25-34-17-11-18-35(43)23-34)28-54-41(51)45-36(27-53-31(3)48)24-32-13-7-5-8-14-32/h5-11,13-18,20-21,23,29-30,36-38H,12,19,22,24-28,44H2,1-4H3,(H,45,51)(H,46,49)/t29-,30+,36-,37-,38-,42-/m0/s1. The third-order valence-electron chi connectivity index (χ3n) is 9.27. The second-order valence-corrected chi connectivity index (χ2v) is 14.7. The molecule has 4 N–H and O–H groups in total. The number of rotatable bonds is 18. The van der Waals surface area contributed by atoms with Crippen LogP contribution in [-0.4, -0.2) is 78.8 Å². The molecular weight excluding hydrogens is 708 g/mol. The van der Waals surface area contributed by atoms with Crippen molar-refractivity contribution in [3.8, 4) is 0 Å². The maximum absolute atomic E-state index is 14.2. The van der Waals surface area contributed by atoms with Gasteiger partial charge in [-0.25, -0.2) is 4.79 Å². The van der Waals surface area contributed by atoms with Crippen LogP contribution in [0.2, 0.25) is 5.02 Å². The van der Waals surface area contributed by atoms with E-state index in [1.165, 1.54) is 6.92 Å². The summed E-state index contributed by atoms with van der Waals surface area (Å²) in [6.45, 7) is 7.41. The smallest absolute Gasteiger partial charge is 0.407 e. The van der Waals surface area contributed by atoms with Crippen molar-refractivity contribution in [3.63, 3.8) is 0 Å². The molecule has 3 amide bonds. The molecule has 0 unspecified atom stereocenters. The number of hydrogen-bond donors (Lipinski definition) is 3. The molecule has 290 valence electrons. The van der Waals surface area contributed by atoms with Gasteiger partial charge in [-0.2, -0.15) is 0 Å². The minimum absolute atomic E-state index is 0.00552. The first-order chi connectivity index (χ1) is 25.8. The van der Waals surface area contributed by atoms with Gasteiger partial charge in [0.25, 0.3) is 0 Å². The number of alkyl carbamates (subject to hydrolysis) is 1. The lowest BCUT2D eigenvalue weighted by Crippen LogP contribution is -2.57. The number of benzene rings is 3. The second kappa shape index (κ2) is 20.7. The van der Waals surface area contributed by atoms with Crippen molar-refractivity contribution in [1.29, 1.82) is 0 Å². The molecule has 11 nitrogen and oxygen atoms in total. The zero-order valence-electron chi connectivity index (χ0n) is 31.5. The van der Waals surface area contributed by atoms with E-state index < -0.39 is 47.6 Å². The summed E-state index contributed by atoms with van der Waals surface area (Å²) in [7, 11) is 0. The summed E-state index contributed by atoms with van der Waals surface area (Å²) < 4.78 is 17.2. The SMILES string of the molecule is CC(=O)OC[C@H](Cc1ccccc1)NC(=O)OC[C@@](C)(C=C[C@@H]1CCCN1C(=O)[C@@H](NC(=O)[C@H](C)N)[C@@H](C)OCc1ccccc1)Cc1cccc(Cl)c1. The fourth-order valence-electron chi connectivity index (χ4n) is 6.33. The van der Waals surface area contributed by atoms with Crippen LogP contribution in [0.5, 0.6) is 0 Å². The summed E-state index contributed by atoms with van der Waals surface area (Å²) in [4.78, 5) is 53.6. The molecule has 3 aromatic carbocycles. The van der Waals surface area contributed by atoms with Gasteiger partial charge in [0, 0.05) is 23.9 Å². The number of nitrogens with zero attached hydrogens (tertiary/aromatic N) is 1. The minimum Gasteiger partial charge on any atom is -0.464 e. The lowest BCUT2D eigenvalue weighted by molar-refractivity contribution is -0.142. The van der Waals surface area contributed by atoms with Crippen molar-refractivity contribution in [2.45, 2.75) is 90.3 Å². The Labute approximate surface area is 323 Å². The third-order valence-corrected chi connectivity index (χ3v) is 9.51. The molecule has 3 aromatic rings. The highest BCUT2D eigenvalue weighted by molar-refractivity contribution is 6.30. The van der Waals surface area contributed by atoms with Crippen LogP contribution >= 0.6 is 11.6 Å². The second-order valence-electron chi connectivity index (χ2n) is 14.2. The molecule has 54 heavy (non-hydrogen) atoms. The maximum atomic E-state index is 14.2. The number of likely N-dealkylation sites (tertiary alicyclic amines) is 1. The molecule has 4 rings (SSSR count). The number of carbonyl (C=O) groups is 4. The zero-order valence-corrected chi connectivity index (χ0v) is 32.3. The molecule has 1 aliphatic rings. The van der Waals surface area contributed by atoms with E-state index in [0.717, 1.165) is 23.1 Å². The van der Waals surface area contributed by atoms with Crippen LogP contribution in [-0.2, 0) is 48.0 Å². The van der Waals surface area contributed by atoms with Crippen LogP contribution in [0, 0.1) is 5.41 Å². The van der Waals surface area contributed by atoms with Gasteiger partial charge in [0.2, 0.25) is 11.8 Å². The summed E-state index contributed by atoms with van der Waals surface area (Å²) in [5.74, 6) is -1.15. The Balaban J connectivity index is 1.50. The molecule has 0 bridgehead atoms. The number of halogens is 1. The molecule has 0 aliphatic carbocycles. The molecule has 0 spiro atoms. The summed E-state index contributed by atoms with van der Waals surface area (Å²) >= 11 is 6.34. The van der Waals surface area contributed by atoms with E-state index in [4.69, 9.17) is 31.5 Å². The zero-order chi connectivity index (χ0) is 39.1. The molecule has 12 heteroatoms. The van der Waals surface area contributed by atoms with Gasteiger partial charge in [0.05, 0.1) is 30.8 Å². The number of hydrogen-bond acceptors (Lipinski definition) is 8. The van der Waals surface area contributed by atoms with E-state index in [0.29, 0.717) is 30.8 Å². The van der Waals surface area contributed by atoms with Crippen LogP contribution in [0.4, 0.5) is 4.79 Å². The van der Waals surface area contributed by atoms with Crippen LogP contribution in [0.25, 0.3) is 0 Å². The summed E-state index contributed by atoms with van der Waals surface area (Å²) in [5.41, 5.74) is 8.03. The van der Waals surface area contributed by atoms with Gasteiger partial charge < -0.3 is 35.5 Å². The van der Waals surface area contributed by atoms with E-state index in [1.54, 1.807) is 24.8 Å². The fraction of sp³-hybridized carbons (Fsp3) is 0.429. The van der Waals surface area contributed by atoms with Crippen LogP contribution in [0.15, 0.2) is 97.1 Å². The number of amides is 3. The lowest BCUT2D eigenvalue weighted by Gasteiger charge is -2.32. The number of nitrogens with two attached hydrogens (primary N) is 1. The van der Waals surface area contributed by atoms with E-state index in [-0.39, 0.29) is 31.8 Å². The predicted molar refractivity (Wildman–Crippen MR) is 208 cm³/mol. The highest BCUT2D eigenvalue weighted by atomic mass is 35.5. The third kappa shape index (κ3) is 13.6. The van der Waals surface area contributed by atoms with Gasteiger partial charge in [0.15, 0.2) is 0 Å². The largest absolute Gasteiger partial charge is 0.464 e. The molecule has 0 aromatic heterocycles. The summed E-state index contributed by atoms with van der Waals surface area (Å²) in [5, 5.41) is 6.28. The number of esters is 1. The normalized spacial score (nSPS) is 17.5. The molecule has 1 aliphatic heterocycles. The molecule has 6 atom stereocenters. The van der Waals surface area contributed by atoms with Crippen molar-refractivity contribution in [2.24, 2.45) is 11.1 Å². The molecule has 1 heterocycles. The molecule has 1 saturated heterocycles. The van der Waals surface area contributed by atoms with E-state index in [1.807, 2.05) is 97.9 Å². The number of carbonyl (C=O) groups excluding carboxylic acids is 4. The molecule has 1 fully saturated rings. The molecular formula is C42H53ClN4O7. The maximum Gasteiger partial charge on any atom is 0.407 e. The van der Waals surface area contributed by atoms with Gasteiger partial charge in [-0.15, -0.1) is 0 Å². The van der Waals surface area contributed by atoms with Crippen molar-refractivity contribution < 1.29 is 33.4 Å². The monoisotopic (exact) mass is 760 g/mol. The van der Waals surface area contributed by atoms with Crippen molar-refractivity contribution in [3.05, 3.63) is 119 Å². The van der Waals surface area contributed by atoms with Crippen molar-refractivity contribution >= 4 is 35.5 Å². The summed E-state index contributed by atoms with van der Waals surface area (Å²) in [6, 6.07) is 24.1. The topological polar surface area (TPSA) is 149 Å². The Morgan fingerprint density at radius 1 is 0.944 bits per heavy atom. The molecule has 0 saturated carbocycles. The number of ether oxygens (including phenoxy) is 3. The molecule has 0 radical (unpaired) electrons. The minimum atomic E-state index is -0.957. The van der Waals surface area contributed by atoms with Crippen LogP contribution in [0.1, 0.15) is 57.2 Å².